The fourth-order valence-electron chi connectivity index (χ4n) is 1.74. The van der Waals surface area contributed by atoms with Crippen LogP contribution in [0.4, 0.5) is 0 Å². The zero-order valence-electron chi connectivity index (χ0n) is 11.3. The second kappa shape index (κ2) is 5.77. The van der Waals surface area contributed by atoms with Crippen molar-refractivity contribution in [3.8, 4) is 0 Å². The lowest BCUT2D eigenvalue weighted by Gasteiger charge is -2.25. The fourth-order valence-corrected chi connectivity index (χ4v) is 2.81. The number of rotatable bonds is 6. The fraction of sp³-hybridized carbons (Fsp3) is 0.583. The van der Waals surface area contributed by atoms with Crippen molar-refractivity contribution in [2.75, 3.05) is 12.8 Å². The van der Waals surface area contributed by atoms with E-state index in [1.165, 1.54) is 0 Å². The SMILES string of the molecule is Cc1cccc(CNCC(C)(C)NS(C)(=O)=O)n1. The molecule has 1 heterocycles. The third kappa shape index (κ3) is 6.09. The molecule has 0 amide bonds. The molecule has 0 saturated carbocycles. The van der Waals surface area contributed by atoms with Crippen LogP contribution in [0.25, 0.3) is 0 Å². The molecule has 0 atom stereocenters. The first-order valence-corrected chi connectivity index (χ1v) is 7.69. The van der Waals surface area contributed by atoms with Crippen molar-refractivity contribution >= 4 is 10.0 Å². The van der Waals surface area contributed by atoms with E-state index in [2.05, 4.69) is 15.0 Å². The van der Waals surface area contributed by atoms with Crippen molar-refractivity contribution in [3.63, 3.8) is 0 Å². The third-order valence-corrected chi connectivity index (χ3v) is 3.20. The molecule has 0 fully saturated rings. The van der Waals surface area contributed by atoms with Crippen molar-refractivity contribution < 1.29 is 8.42 Å². The summed E-state index contributed by atoms with van der Waals surface area (Å²) in [7, 11) is -3.19. The molecule has 5 nitrogen and oxygen atoms in total. The van der Waals surface area contributed by atoms with Gasteiger partial charge in [0.05, 0.1) is 11.9 Å². The molecule has 0 aliphatic rings. The van der Waals surface area contributed by atoms with Crippen LogP contribution in [-0.4, -0.2) is 31.7 Å². The molecule has 0 aromatic carbocycles. The summed E-state index contributed by atoms with van der Waals surface area (Å²) in [6.07, 6.45) is 1.16. The van der Waals surface area contributed by atoms with Crippen LogP contribution < -0.4 is 10.0 Å². The molecule has 1 aromatic heterocycles. The van der Waals surface area contributed by atoms with Gasteiger partial charge in [-0.05, 0) is 32.9 Å². The van der Waals surface area contributed by atoms with Crippen molar-refractivity contribution in [3.05, 3.63) is 29.6 Å². The monoisotopic (exact) mass is 271 g/mol. The molecule has 0 bridgehead atoms. The molecule has 0 aliphatic carbocycles. The summed E-state index contributed by atoms with van der Waals surface area (Å²) in [5.74, 6) is 0. The van der Waals surface area contributed by atoms with Gasteiger partial charge in [0.25, 0.3) is 0 Å². The highest BCUT2D eigenvalue weighted by Gasteiger charge is 2.21. The lowest BCUT2D eigenvalue weighted by Crippen LogP contribution is -2.49. The number of pyridine rings is 1. The van der Waals surface area contributed by atoms with E-state index in [-0.39, 0.29) is 0 Å². The highest BCUT2D eigenvalue weighted by atomic mass is 32.2. The largest absolute Gasteiger partial charge is 0.309 e. The standard InChI is InChI=1S/C12H21N3O2S/c1-10-6-5-7-11(14-10)8-13-9-12(2,3)15-18(4,16)17/h5-7,13,15H,8-9H2,1-4H3. The minimum Gasteiger partial charge on any atom is -0.309 e. The summed E-state index contributed by atoms with van der Waals surface area (Å²) in [6.45, 7) is 6.78. The number of nitrogens with one attached hydrogen (secondary N) is 2. The van der Waals surface area contributed by atoms with Crippen molar-refractivity contribution in [1.82, 2.24) is 15.0 Å². The van der Waals surface area contributed by atoms with Crippen LogP contribution in [0.15, 0.2) is 18.2 Å². The molecule has 18 heavy (non-hydrogen) atoms. The van der Waals surface area contributed by atoms with E-state index in [4.69, 9.17) is 0 Å². The summed E-state index contributed by atoms with van der Waals surface area (Å²) in [4.78, 5) is 4.37. The van der Waals surface area contributed by atoms with Crippen molar-refractivity contribution in [2.45, 2.75) is 32.9 Å². The summed E-state index contributed by atoms with van der Waals surface area (Å²) in [5.41, 5.74) is 1.41. The van der Waals surface area contributed by atoms with Crippen LogP contribution in [0.3, 0.4) is 0 Å². The molecular weight excluding hydrogens is 250 g/mol. The van der Waals surface area contributed by atoms with E-state index >= 15 is 0 Å². The second-order valence-corrected chi connectivity index (χ2v) is 6.88. The van der Waals surface area contributed by atoms with Gasteiger partial charge in [-0.1, -0.05) is 6.07 Å². The molecule has 1 rings (SSSR count). The van der Waals surface area contributed by atoms with Gasteiger partial charge in [0.1, 0.15) is 0 Å². The lowest BCUT2D eigenvalue weighted by molar-refractivity contribution is 0.420. The molecule has 0 radical (unpaired) electrons. The number of hydrogen-bond donors (Lipinski definition) is 2. The minimum atomic E-state index is -3.19. The van der Waals surface area contributed by atoms with Gasteiger partial charge in [-0.25, -0.2) is 13.1 Å². The van der Waals surface area contributed by atoms with E-state index in [1.54, 1.807) is 0 Å². The van der Waals surface area contributed by atoms with E-state index in [1.807, 2.05) is 39.0 Å². The summed E-state index contributed by atoms with van der Waals surface area (Å²) in [6, 6.07) is 5.84. The number of aromatic nitrogens is 1. The Balaban J connectivity index is 2.46. The normalized spacial score (nSPS) is 12.7. The zero-order chi connectivity index (χ0) is 13.8. The highest BCUT2D eigenvalue weighted by Crippen LogP contribution is 2.03. The Bertz CT molecular complexity index is 498. The van der Waals surface area contributed by atoms with Gasteiger partial charge in [0.2, 0.25) is 10.0 Å². The third-order valence-electron chi connectivity index (χ3n) is 2.28. The molecule has 102 valence electrons. The Morgan fingerprint density at radius 2 is 2.00 bits per heavy atom. The number of hydrogen-bond acceptors (Lipinski definition) is 4. The molecule has 0 saturated heterocycles. The summed E-state index contributed by atoms with van der Waals surface area (Å²) < 4.78 is 24.9. The van der Waals surface area contributed by atoms with Crippen molar-refractivity contribution in [2.24, 2.45) is 0 Å². The van der Waals surface area contributed by atoms with Crippen LogP contribution >= 0.6 is 0 Å². The van der Waals surface area contributed by atoms with Gasteiger partial charge < -0.3 is 5.32 Å². The van der Waals surface area contributed by atoms with E-state index in [0.29, 0.717) is 13.1 Å². The number of aryl methyl sites for hydroxylation is 1. The Morgan fingerprint density at radius 1 is 1.33 bits per heavy atom. The maximum absolute atomic E-state index is 11.2. The Morgan fingerprint density at radius 3 is 2.56 bits per heavy atom. The predicted octanol–water partition coefficient (Wildman–Crippen LogP) is 0.807. The predicted molar refractivity (Wildman–Crippen MR) is 72.7 cm³/mol. The van der Waals surface area contributed by atoms with E-state index < -0.39 is 15.6 Å². The average molecular weight is 271 g/mol. The van der Waals surface area contributed by atoms with Gasteiger partial charge in [-0.15, -0.1) is 0 Å². The number of nitrogens with zero attached hydrogens (tertiary/aromatic N) is 1. The zero-order valence-corrected chi connectivity index (χ0v) is 12.1. The van der Waals surface area contributed by atoms with Crippen LogP contribution in [0.5, 0.6) is 0 Å². The molecular formula is C12H21N3O2S. The first-order chi connectivity index (χ1) is 8.18. The first kappa shape index (κ1) is 15.1. The van der Waals surface area contributed by atoms with Gasteiger partial charge in [-0.2, -0.15) is 0 Å². The first-order valence-electron chi connectivity index (χ1n) is 5.80. The molecule has 2 N–H and O–H groups in total. The minimum absolute atomic E-state index is 0.516. The highest BCUT2D eigenvalue weighted by molar-refractivity contribution is 7.88. The van der Waals surface area contributed by atoms with Crippen LogP contribution in [-0.2, 0) is 16.6 Å². The Kier molecular flexibility index (Phi) is 4.84. The topological polar surface area (TPSA) is 71.1 Å². The lowest BCUT2D eigenvalue weighted by atomic mass is 10.1. The van der Waals surface area contributed by atoms with E-state index in [9.17, 15) is 8.42 Å². The molecule has 0 aliphatic heterocycles. The van der Waals surface area contributed by atoms with E-state index in [0.717, 1.165) is 17.6 Å². The van der Waals surface area contributed by atoms with Crippen LogP contribution in [0.1, 0.15) is 25.2 Å². The quantitative estimate of drug-likeness (QED) is 0.803. The molecule has 0 unspecified atom stereocenters. The smallest absolute Gasteiger partial charge is 0.209 e. The molecule has 0 spiro atoms. The molecule has 6 heteroatoms. The van der Waals surface area contributed by atoms with Crippen LogP contribution in [0, 0.1) is 6.92 Å². The van der Waals surface area contributed by atoms with Crippen molar-refractivity contribution in [1.29, 1.82) is 0 Å². The summed E-state index contributed by atoms with van der Waals surface area (Å²) >= 11 is 0. The second-order valence-electron chi connectivity index (χ2n) is 5.13. The van der Waals surface area contributed by atoms with Crippen LogP contribution in [0.2, 0.25) is 0 Å². The number of sulfonamides is 1. The van der Waals surface area contributed by atoms with Gasteiger partial charge in [-0.3, -0.25) is 4.98 Å². The summed E-state index contributed by atoms with van der Waals surface area (Å²) in [5, 5.41) is 3.20. The average Bonchev–Trinajstić information content (AvgIpc) is 2.13. The molecule has 1 aromatic rings. The van der Waals surface area contributed by atoms with Gasteiger partial charge in [0.15, 0.2) is 0 Å². The van der Waals surface area contributed by atoms with Gasteiger partial charge >= 0.3 is 0 Å². The maximum Gasteiger partial charge on any atom is 0.209 e. The Labute approximate surface area is 109 Å². The Hall–Kier alpha value is -0.980. The maximum atomic E-state index is 11.2. The van der Waals surface area contributed by atoms with Gasteiger partial charge in [0, 0.05) is 24.3 Å².